The van der Waals surface area contributed by atoms with Crippen LogP contribution in [0.4, 0.5) is 10.1 Å². The third-order valence-electron chi connectivity index (χ3n) is 7.19. The van der Waals surface area contributed by atoms with Gasteiger partial charge in [0.05, 0.1) is 20.1 Å². The molecular formula is C31H29FN2O4. The zero-order valence-corrected chi connectivity index (χ0v) is 21.5. The molecule has 0 saturated carbocycles. The molecular weight excluding hydrogens is 483 g/mol. The van der Waals surface area contributed by atoms with Gasteiger partial charge in [0, 0.05) is 40.2 Å². The maximum absolute atomic E-state index is 13.9. The summed E-state index contributed by atoms with van der Waals surface area (Å²) in [5.74, 6) is -0.486. The second-order valence-electron chi connectivity index (χ2n) is 9.47. The molecule has 3 aromatic carbocycles. The number of methoxy groups -OCH3 is 2. The van der Waals surface area contributed by atoms with Gasteiger partial charge in [-0.25, -0.2) is 4.39 Å². The number of para-hydroxylation sites is 1. The van der Waals surface area contributed by atoms with Gasteiger partial charge in [-0.2, -0.15) is 0 Å². The molecule has 0 unspecified atom stereocenters. The molecule has 0 saturated heterocycles. The van der Waals surface area contributed by atoms with Crippen LogP contribution in [-0.2, 0) is 9.59 Å². The number of carbonyl (C=O) groups is 2. The summed E-state index contributed by atoms with van der Waals surface area (Å²) >= 11 is 0. The van der Waals surface area contributed by atoms with Crippen molar-refractivity contribution in [1.82, 2.24) is 5.32 Å². The summed E-state index contributed by atoms with van der Waals surface area (Å²) in [7, 11) is 3.09. The van der Waals surface area contributed by atoms with Crippen LogP contribution in [0.5, 0.6) is 11.5 Å². The van der Waals surface area contributed by atoms with Gasteiger partial charge >= 0.3 is 0 Å². The molecule has 2 atom stereocenters. The molecule has 194 valence electrons. The Kier molecular flexibility index (Phi) is 7.01. The summed E-state index contributed by atoms with van der Waals surface area (Å²) < 4.78 is 24.7. The number of nitrogens with one attached hydrogen (secondary N) is 2. The number of anilines is 1. The number of halogens is 1. The van der Waals surface area contributed by atoms with Crippen molar-refractivity contribution in [3.8, 4) is 11.5 Å². The number of carbonyl (C=O) groups excluding carboxylic acids is 2. The highest BCUT2D eigenvalue weighted by Crippen LogP contribution is 2.49. The Balaban J connectivity index is 1.62. The molecule has 0 radical (unpaired) electrons. The number of hydrogen-bond donors (Lipinski definition) is 2. The Morgan fingerprint density at radius 1 is 0.947 bits per heavy atom. The monoisotopic (exact) mass is 512 g/mol. The minimum atomic E-state index is -0.680. The molecule has 5 rings (SSSR count). The summed E-state index contributed by atoms with van der Waals surface area (Å²) in [4.78, 5) is 27.6. The van der Waals surface area contributed by atoms with Gasteiger partial charge in [0.2, 0.25) is 0 Å². The van der Waals surface area contributed by atoms with Crippen LogP contribution in [0.15, 0.2) is 95.3 Å². The minimum Gasteiger partial charge on any atom is -0.493 e. The quantitative estimate of drug-likeness (QED) is 0.434. The molecule has 2 N–H and O–H groups in total. The predicted molar refractivity (Wildman–Crippen MR) is 144 cm³/mol. The molecule has 0 fully saturated rings. The second-order valence-corrected chi connectivity index (χ2v) is 9.47. The lowest BCUT2D eigenvalue weighted by molar-refractivity contribution is -0.116. The van der Waals surface area contributed by atoms with Crippen LogP contribution >= 0.6 is 0 Å². The van der Waals surface area contributed by atoms with E-state index < -0.39 is 11.7 Å². The number of rotatable bonds is 6. The average Bonchev–Trinajstić information content (AvgIpc) is 2.93. The van der Waals surface area contributed by atoms with E-state index in [1.807, 2.05) is 49.4 Å². The van der Waals surface area contributed by atoms with Gasteiger partial charge in [-0.05, 0) is 55.2 Å². The zero-order valence-electron chi connectivity index (χ0n) is 21.5. The number of ketones is 1. The van der Waals surface area contributed by atoms with Gasteiger partial charge in [-0.1, -0.05) is 42.5 Å². The molecule has 2 aliphatic rings. The SMILES string of the molecule is COc1cccc([C@@H]2C(C(=O)Nc3ccc(F)cc3)=C(C)NC3=C2C(=O)C[C@@H](c2ccccc2)C3)c1OC. The van der Waals surface area contributed by atoms with E-state index in [2.05, 4.69) is 10.6 Å². The zero-order chi connectivity index (χ0) is 26.8. The van der Waals surface area contributed by atoms with Crippen molar-refractivity contribution in [1.29, 1.82) is 0 Å². The molecule has 0 aromatic heterocycles. The molecule has 1 aliphatic carbocycles. The lowest BCUT2D eigenvalue weighted by atomic mass is 9.71. The van der Waals surface area contributed by atoms with Crippen molar-refractivity contribution < 1.29 is 23.5 Å². The maximum atomic E-state index is 13.9. The van der Waals surface area contributed by atoms with Gasteiger partial charge in [0.15, 0.2) is 17.3 Å². The van der Waals surface area contributed by atoms with Crippen LogP contribution in [0.2, 0.25) is 0 Å². The van der Waals surface area contributed by atoms with Gasteiger partial charge in [0.25, 0.3) is 5.91 Å². The van der Waals surface area contributed by atoms with E-state index in [0.29, 0.717) is 52.4 Å². The summed E-state index contributed by atoms with van der Waals surface area (Å²) in [5.41, 5.74) is 4.61. The van der Waals surface area contributed by atoms with Crippen molar-refractivity contribution in [2.24, 2.45) is 0 Å². The molecule has 3 aromatic rings. The number of hydrogen-bond acceptors (Lipinski definition) is 5. The van der Waals surface area contributed by atoms with Gasteiger partial charge in [-0.15, -0.1) is 0 Å². The smallest absolute Gasteiger partial charge is 0.254 e. The Bertz CT molecular complexity index is 1440. The van der Waals surface area contributed by atoms with Crippen LogP contribution < -0.4 is 20.1 Å². The van der Waals surface area contributed by atoms with Crippen molar-refractivity contribution in [3.63, 3.8) is 0 Å². The first kappa shape index (κ1) is 25.3. The van der Waals surface area contributed by atoms with E-state index in [4.69, 9.17) is 9.47 Å². The van der Waals surface area contributed by atoms with Gasteiger partial charge in [-0.3, -0.25) is 9.59 Å². The molecule has 38 heavy (non-hydrogen) atoms. The average molecular weight is 513 g/mol. The first-order valence-electron chi connectivity index (χ1n) is 12.5. The number of allylic oxidation sites excluding steroid dienone is 3. The molecule has 1 amide bonds. The Morgan fingerprint density at radius 2 is 1.68 bits per heavy atom. The first-order chi connectivity index (χ1) is 18.4. The molecule has 0 bridgehead atoms. The molecule has 1 heterocycles. The fourth-order valence-corrected chi connectivity index (χ4v) is 5.48. The van der Waals surface area contributed by atoms with Crippen molar-refractivity contribution in [2.75, 3.05) is 19.5 Å². The Hall–Kier alpha value is -4.39. The van der Waals surface area contributed by atoms with Crippen LogP contribution in [-0.4, -0.2) is 25.9 Å². The Labute approximate surface area is 221 Å². The molecule has 7 heteroatoms. The second kappa shape index (κ2) is 10.5. The van der Waals surface area contributed by atoms with Crippen molar-refractivity contribution in [3.05, 3.63) is 112 Å². The minimum absolute atomic E-state index is 0.0259. The lowest BCUT2D eigenvalue weighted by Gasteiger charge is -2.37. The van der Waals surface area contributed by atoms with E-state index in [1.165, 1.54) is 24.3 Å². The fraction of sp³-hybridized carbons (Fsp3) is 0.226. The van der Waals surface area contributed by atoms with Crippen LogP contribution in [0, 0.1) is 5.82 Å². The summed E-state index contributed by atoms with van der Waals surface area (Å²) in [6.07, 6.45) is 0.970. The van der Waals surface area contributed by atoms with Crippen molar-refractivity contribution in [2.45, 2.75) is 31.6 Å². The number of Topliss-reactive ketones (excluding diaryl/α,β-unsaturated/α-hetero) is 1. The third kappa shape index (κ3) is 4.67. The Morgan fingerprint density at radius 3 is 2.37 bits per heavy atom. The predicted octanol–water partition coefficient (Wildman–Crippen LogP) is 5.84. The van der Waals surface area contributed by atoms with E-state index >= 15 is 0 Å². The maximum Gasteiger partial charge on any atom is 0.254 e. The van der Waals surface area contributed by atoms with E-state index in [-0.39, 0.29) is 17.6 Å². The summed E-state index contributed by atoms with van der Waals surface area (Å²) in [6, 6.07) is 21.0. The molecule has 6 nitrogen and oxygen atoms in total. The topological polar surface area (TPSA) is 76.7 Å². The van der Waals surface area contributed by atoms with E-state index in [1.54, 1.807) is 20.3 Å². The summed E-state index contributed by atoms with van der Waals surface area (Å²) in [5, 5.41) is 6.26. The molecule has 1 aliphatic heterocycles. The summed E-state index contributed by atoms with van der Waals surface area (Å²) in [6.45, 7) is 1.83. The van der Waals surface area contributed by atoms with E-state index in [0.717, 1.165) is 11.3 Å². The fourth-order valence-electron chi connectivity index (χ4n) is 5.48. The van der Waals surface area contributed by atoms with Crippen molar-refractivity contribution >= 4 is 17.4 Å². The highest BCUT2D eigenvalue weighted by molar-refractivity contribution is 6.10. The van der Waals surface area contributed by atoms with Gasteiger partial charge < -0.3 is 20.1 Å². The number of amides is 1. The highest BCUT2D eigenvalue weighted by atomic mass is 19.1. The third-order valence-corrected chi connectivity index (χ3v) is 7.19. The van der Waals surface area contributed by atoms with Crippen LogP contribution in [0.3, 0.4) is 0 Å². The number of dihydropyridines is 1. The number of ether oxygens (including phenoxy) is 2. The van der Waals surface area contributed by atoms with Crippen LogP contribution in [0.1, 0.15) is 42.7 Å². The van der Waals surface area contributed by atoms with Gasteiger partial charge in [0.1, 0.15) is 5.82 Å². The number of benzene rings is 3. The molecule has 0 spiro atoms. The van der Waals surface area contributed by atoms with Crippen LogP contribution in [0.25, 0.3) is 0 Å². The standard InChI is InChI=1S/C31H29FN2O4/c1-18-27(31(36)34-22-14-12-21(32)13-15-22)28(23-10-7-11-26(37-2)30(23)38-3)29-24(33-18)16-20(17-25(29)35)19-8-5-4-6-9-19/h4-15,20,28,33H,16-17H2,1-3H3,(H,34,36)/t20-,28+/m0/s1. The lowest BCUT2D eigenvalue weighted by Crippen LogP contribution is -2.37. The van der Waals surface area contributed by atoms with E-state index in [9.17, 15) is 14.0 Å². The largest absolute Gasteiger partial charge is 0.493 e. The first-order valence-corrected chi connectivity index (χ1v) is 12.5. The normalized spacial score (nSPS) is 19.0. The highest BCUT2D eigenvalue weighted by Gasteiger charge is 2.42.